The van der Waals surface area contributed by atoms with Crippen LogP contribution in [0.25, 0.3) is 0 Å². The van der Waals surface area contributed by atoms with Crippen LogP contribution in [0, 0.1) is 0 Å². The van der Waals surface area contributed by atoms with E-state index >= 15 is 0 Å². The molecule has 2 amide bonds. The minimum absolute atomic E-state index is 0.267. The van der Waals surface area contributed by atoms with Gasteiger partial charge in [-0.25, -0.2) is 9.59 Å². The molecular formula is C11H20N2O3. The van der Waals surface area contributed by atoms with Crippen molar-refractivity contribution in [2.45, 2.75) is 51.6 Å². The lowest BCUT2D eigenvalue weighted by molar-refractivity contribution is -0.143. The van der Waals surface area contributed by atoms with Crippen molar-refractivity contribution in [3.63, 3.8) is 0 Å². The fourth-order valence-electron chi connectivity index (χ4n) is 1.55. The van der Waals surface area contributed by atoms with Gasteiger partial charge in [0.05, 0.1) is 0 Å². The van der Waals surface area contributed by atoms with Crippen molar-refractivity contribution >= 4 is 12.0 Å². The molecule has 92 valence electrons. The summed E-state index contributed by atoms with van der Waals surface area (Å²) in [7, 11) is 0. The summed E-state index contributed by atoms with van der Waals surface area (Å²) in [5.41, 5.74) is -1.17. The van der Waals surface area contributed by atoms with Crippen LogP contribution in [0.15, 0.2) is 0 Å². The molecule has 0 aromatic carbocycles. The Kier molecular flexibility index (Phi) is 3.78. The number of carbonyl (C=O) groups is 2. The van der Waals surface area contributed by atoms with Gasteiger partial charge in [0.2, 0.25) is 0 Å². The Hall–Kier alpha value is -1.26. The Morgan fingerprint density at radius 3 is 2.31 bits per heavy atom. The van der Waals surface area contributed by atoms with Gasteiger partial charge in [-0.15, -0.1) is 0 Å². The summed E-state index contributed by atoms with van der Waals surface area (Å²) in [5.74, 6) is -0.991. The van der Waals surface area contributed by atoms with Gasteiger partial charge < -0.3 is 15.3 Å². The summed E-state index contributed by atoms with van der Waals surface area (Å²) in [4.78, 5) is 24.6. The van der Waals surface area contributed by atoms with E-state index in [-0.39, 0.29) is 6.03 Å². The van der Waals surface area contributed by atoms with Gasteiger partial charge in [0.1, 0.15) is 5.54 Å². The van der Waals surface area contributed by atoms with Gasteiger partial charge in [-0.2, -0.15) is 0 Å². The first kappa shape index (κ1) is 12.8. The molecule has 1 unspecified atom stereocenters. The van der Waals surface area contributed by atoms with E-state index in [0.717, 1.165) is 12.8 Å². The number of aliphatic carboxylic acids is 1. The zero-order valence-electron chi connectivity index (χ0n) is 10.1. The smallest absolute Gasteiger partial charge is 0.329 e. The van der Waals surface area contributed by atoms with Crippen molar-refractivity contribution in [3.05, 3.63) is 0 Å². The summed E-state index contributed by atoms with van der Waals surface area (Å²) >= 11 is 0. The maximum absolute atomic E-state index is 11.9. The van der Waals surface area contributed by atoms with E-state index in [9.17, 15) is 9.59 Å². The lowest BCUT2D eigenvalue weighted by atomic mass is 10.00. The number of carbonyl (C=O) groups excluding carboxylic acids is 1. The molecule has 0 bridgehead atoms. The van der Waals surface area contributed by atoms with Crippen LogP contribution in [-0.4, -0.2) is 40.1 Å². The molecule has 1 rings (SSSR count). The molecule has 1 atom stereocenters. The number of carboxylic acids is 1. The molecule has 2 N–H and O–H groups in total. The quantitative estimate of drug-likeness (QED) is 0.748. The van der Waals surface area contributed by atoms with Gasteiger partial charge in [0.15, 0.2) is 0 Å². The third kappa shape index (κ3) is 2.65. The van der Waals surface area contributed by atoms with Crippen molar-refractivity contribution in [1.29, 1.82) is 0 Å². The van der Waals surface area contributed by atoms with Gasteiger partial charge in [-0.3, -0.25) is 0 Å². The van der Waals surface area contributed by atoms with Crippen molar-refractivity contribution in [1.82, 2.24) is 10.2 Å². The number of nitrogens with one attached hydrogen (secondary N) is 1. The number of hydrogen-bond acceptors (Lipinski definition) is 2. The summed E-state index contributed by atoms with van der Waals surface area (Å²) < 4.78 is 0. The lowest BCUT2D eigenvalue weighted by Crippen LogP contribution is -2.56. The topological polar surface area (TPSA) is 69.6 Å². The molecule has 1 aliphatic carbocycles. The average Bonchev–Trinajstić information content (AvgIpc) is 3.02. The van der Waals surface area contributed by atoms with Crippen molar-refractivity contribution in [2.75, 3.05) is 6.54 Å². The number of nitrogens with zero attached hydrogens (tertiary/aromatic N) is 1. The van der Waals surface area contributed by atoms with E-state index in [1.54, 1.807) is 11.8 Å². The fourth-order valence-corrected chi connectivity index (χ4v) is 1.55. The van der Waals surface area contributed by atoms with Gasteiger partial charge >= 0.3 is 12.0 Å². The molecule has 0 heterocycles. The standard InChI is InChI=1S/C11H20N2O3/c1-4-11(3,9(14)15)12-10(16)13(5-2)8-6-7-8/h8H,4-7H2,1-3H3,(H,12,16)(H,14,15). The highest BCUT2D eigenvalue weighted by Crippen LogP contribution is 2.26. The number of urea groups is 1. The van der Waals surface area contributed by atoms with Crippen LogP contribution >= 0.6 is 0 Å². The van der Waals surface area contributed by atoms with E-state index in [1.807, 2.05) is 6.92 Å². The minimum Gasteiger partial charge on any atom is -0.480 e. The van der Waals surface area contributed by atoms with Crippen LogP contribution < -0.4 is 5.32 Å². The monoisotopic (exact) mass is 228 g/mol. The SMILES string of the molecule is CCN(C(=O)NC(C)(CC)C(=O)O)C1CC1. The highest BCUT2D eigenvalue weighted by molar-refractivity contribution is 5.86. The highest BCUT2D eigenvalue weighted by atomic mass is 16.4. The summed E-state index contributed by atoms with van der Waals surface area (Å²) in [6.07, 6.45) is 2.42. The zero-order chi connectivity index (χ0) is 12.3. The molecule has 0 aromatic heterocycles. The minimum atomic E-state index is -1.17. The van der Waals surface area contributed by atoms with Crippen molar-refractivity contribution in [2.24, 2.45) is 0 Å². The fraction of sp³-hybridized carbons (Fsp3) is 0.818. The summed E-state index contributed by atoms with van der Waals surface area (Å²) in [6, 6.07) is 0.0386. The molecular weight excluding hydrogens is 208 g/mol. The first-order valence-corrected chi connectivity index (χ1v) is 5.76. The normalized spacial score (nSPS) is 18.7. The molecule has 1 saturated carbocycles. The first-order valence-electron chi connectivity index (χ1n) is 5.76. The molecule has 16 heavy (non-hydrogen) atoms. The maximum Gasteiger partial charge on any atom is 0.329 e. The first-order chi connectivity index (χ1) is 7.44. The molecule has 1 aliphatic rings. The largest absolute Gasteiger partial charge is 0.480 e. The van der Waals surface area contributed by atoms with Crippen LogP contribution in [-0.2, 0) is 4.79 Å². The van der Waals surface area contributed by atoms with Crippen LogP contribution in [0.4, 0.5) is 4.79 Å². The van der Waals surface area contributed by atoms with Gasteiger partial charge in [-0.05, 0) is 33.1 Å². The van der Waals surface area contributed by atoms with Gasteiger partial charge in [0, 0.05) is 12.6 Å². The number of rotatable bonds is 5. The second-order valence-electron chi connectivity index (χ2n) is 4.44. The summed E-state index contributed by atoms with van der Waals surface area (Å²) in [5, 5.41) is 11.7. The Balaban J connectivity index is 2.63. The zero-order valence-corrected chi connectivity index (χ0v) is 10.1. The Bertz CT molecular complexity index is 289. The molecule has 5 heteroatoms. The maximum atomic E-state index is 11.9. The molecule has 1 fully saturated rings. The molecule has 5 nitrogen and oxygen atoms in total. The molecule has 0 aliphatic heterocycles. The molecule has 0 radical (unpaired) electrons. The van der Waals surface area contributed by atoms with Crippen LogP contribution in [0.5, 0.6) is 0 Å². The summed E-state index contributed by atoms with van der Waals surface area (Å²) in [6.45, 7) is 5.81. The third-order valence-electron chi connectivity index (χ3n) is 3.15. The molecule has 0 saturated heterocycles. The highest BCUT2D eigenvalue weighted by Gasteiger charge is 2.37. The van der Waals surface area contributed by atoms with E-state index < -0.39 is 11.5 Å². The van der Waals surface area contributed by atoms with Gasteiger partial charge in [0.25, 0.3) is 0 Å². The Morgan fingerprint density at radius 1 is 1.44 bits per heavy atom. The predicted octanol–water partition coefficient (Wildman–Crippen LogP) is 1.43. The second kappa shape index (κ2) is 4.72. The number of amides is 2. The van der Waals surface area contributed by atoms with Crippen molar-refractivity contribution < 1.29 is 14.7 Å². The number of carboxylic acid groups (broad SMARTS) is 1. The van der Waals surface area contributed by atoms with E-state index in [4.69, 9.17) is 5.11 Å². The Morgan fingerprint density at radius 2 is 2.00 bits per heavy atom. The van der Waals surface area contributed by atoms with E-state index in [0.29, 0.717) is 19.0 Å². The van der Waals surface area contributed by atoms with Crippen LogP contribution in [0.2, 0.25) is 0 Å². The Labute approximate surface area is 95.8 Å². The van der Waals surface area contributed by atoms with Crippen LogP contribution in [0.3, 0.4) is 0 Å². The van der Waals surface area contributed by atoms with E-state index in [1.165, 1.54) is 6.92 Å². The van der Waals surface area contributed by atoms with Crippen molar-refractivity contribution in [3.8, 4) is 0 Å². The van der Waals surface area contributed by atoms with E-state index in [2.05, 4.69) is 5.32 Å². The molecule has 0 spiro atoms. The second-order valence-corrected chi connectivity index (χ2v) is 4.44. The third-order valence-corrected chi connectivity index (χ3v) is 3.15. The average molecular weight is 228 g/mol. The lowest BCUT2D eigenvalue weighted by Gasteiger charge is -2.29. The van der Waals surface area contributed by atoms with Crippen LogP contribution in [0.1, 0.15) is 40.0 Å². The number of hydrogen-bond donors (Lipinski definition) is 2. The molecule has 0 aromatic rings. The van der Waals surface area contributed by atoms with Gasteiger partial charge in [-0.1, -0.05) is 6.92 Å². The predicted molar refractivity (Wildman–Crippen MR) is 60.3 cm³/mol.